The Kier molecular flexibility index (Phi) is 7.44. The quantitative estimate of drug-likeness (QED) is 0.333. The number of hydrogen-bond acceptors (Lipinski definition) is 3. The van der Waals surface area contributed by atoms with Crippen LogP contribution in [0, 0.1) is 13.8 Å². The molecule has 0 fully saturated rings. The van der Waals surface area contributed by atoms with Crippen LogP contribution in [-0.4, -0.2) is 38.6 Å². The van der Waals surface area contributed by atoms with Crippen molar-refractivity contribution in [2.24, 2.45) is 4.99 Å². The molecular weight excluding hydrogens is 362 g/mol. The average Bonchev–Trinajstić information content (AvgIpc) is 3.32. The smallest absolute Gasteiger partial charge is 0.191 e. The average molecular weight is 394 g/mol. The molecule has 0 aliphatic heterocycles. The van der Waals surface area contributed by atoms with Gasteiger partial charge in [0.05, 0.1) is 18.8 Å². The fourth-order valence-corrected chi connectivity index (χ4v) is 3.26. The van der Waals surface area contributed by atoms with Crippen molar-refractivity contribution in [3.63, 3.8) is 0 Å². The Bertz CT molecular complexity index is 909. The van der Waals surface area contributed by atoms with Crippen LogP contribution in [-0.2, 0) is 19.6 Å². The van der Waals surface area contributed by atoms with Gasteiger partial charge in [-0.1, -0.05) is 24.3 Å². The van der Waals surface area contributed by atoms with Gasteiger partial charge in [-0.25, -0.2) is 4.99 Å². The molecule has 1 aromatic carbocycles. The number of hydrogen-bond donors (Lipinski definition) is 2. The minimum Gasteiger partial charge on any atom is -0.357 e. The molecule has 0 aliphatic carbocycles. The molecule has 0 atom stereocenters. The maximum Gasteiger partial charge on any atom is 0.191 e. The van der Waals surface area contributed by atoms with Gasteiger partial charge in [0.25, 0.3) is 0 Å². The lowest BCUT2D eigenvalue weighted by Crippen LogP contribution is -2.38. The second-order valence-corrected chi connectivity index (χ2v) is 7.15. The van der Waals surface area contributed by atoms with Crippen LogP contribution in [0.25, 0.3) is 0 Å². The molecule has 7 nitrogen and oxygen atoms in total. The zero-order valence-electron chi connectivity index (χ0n) is 17.6. The Morgan fingerprint density at radius 1 is 1.10 bits per heavy atom. The third-order valence-corrected chi connectivity index (χ3v) is 4.60. The number of aliphatic imine (C=N–C) groups is 1. The lowest BCUT2D eigenvalue weighted by molar-refractivity contribution is 0.555. The van der Waals surface area contributed by atoms with E-state index in [9.17, 15) is 0 Å². The number of nitrogens with one attached hydrogen (secondary N) is 2. The number of benzene rings is 1. The summed E-state index contributed by atoms with van der Waals surface area (Å²) in [6.07, 6.45) is 4.77. The van der Waals surface area contributed by atoms with Crippen LogP contribution in [0.1, 0.15) is 35.9 Å². The Balaban J connectivity index is 1.51. The summed E-state index contributed by atoms with van der Waals surface area (Å²) in [7, 11) is 0. The van der Waals surface area contributed by atoms with E-state index in [0.29, 0.717) is 6.54 Å². The maximum atomic E-state index is 4.74. The summed E-state index contributed by atoms with van der Waals surface area (Å²) >= 11 is 0. The fourth-order valence-electron chi connectivity index (χ4n) is 3.26. The van der Waals surface area contributed by atoms with Crippen LogP contribution >= 0.6 is 0 Å². The van der Waals surface area contributed by atoms with Gasteiger partial charge in [0.2, 0.25) is 0 Å². The first-order valence-corrected chi connectivity index (χ1v) is 10.2. The highest BCUT2D eigenvalue weighted by Gasteiger charge is 2.02. The van der Waals surface area contributed by atoms with E-state index in [4.69, 9.17) is 4.99 Å². The van der Waals surface area contributed by atoms with Crippen LogP contribution in [0.3, 0.4) is 0 Å². The Labute approximate surface area is 172 Å². The molecule has 2 heterocycles. The normalized spacial score (nSPS) is 11.6. The molecule has 0 unspecified atom stereocenters. The van der Waals surface area contributed by atoms with E-state index in [1.54, 1.807) is 6.20 Å². The van der Waals surface area contributed by atoms with Crippen molar-refractivity contribution in [1.29, 1.82) is 0 Å². The van der Waals surface area contributed by atoms with Crippen molar-refractivity contribution < 1.29 is 0 Å². The largest absolute Gasteiger partial charge is 0.357 e. The van der Waals surface area contributed by atoms with Gasteiger partial charge in [-0.05, 0) is 50.5 Å². The minimum absolute atomic E-state index is 0.639. The molecule has 0 radical (unpaired) electrons. The second-order valence-electron chi connectivity index (χ2n) is 7.15. The molecule has 0 bridgehead atoms. The van der Waals surface area contributed by atoms with E-state index in [2.05, 4.69) is 69.7 Å². The van der Waals surface area contributed by atoms with Gasteiger partial charge >= 0.3 is 0 Å². The minimum atomic E-state index is 0.639. The number of aryl methyl sites for hydroxylation is 3. The lowest BCUT2D eigenvalue weighted by Gasteiger charge is -2.12. The molecule has 0 amide bonds. The number of guanidine groups is 1. The van der Waals surface area contributed by atoms with Crippen molar-refractivity contribution in [3.05, 3.63) is 71.3 Å². The summed E-state index contributed by atoms with van der Waals surface area (Å²) in [5.74, 6) is 0.846. The molecule has 154 valence electrons. The summed E-state index contributed by atoms with van der Waals surface area (Å²) in [6.45, 7) is 10.2. The summed E-state index contributed by atoms with van der Waals surface area (Å²) in [5, 5.41) is 15.5. The summed E-state index contributed by atoms with van der Waals surface area (Å²) < 4.78 is 3.99. The first-order chi connectivity index (χ1) is 14.1. The van der Waals surface area contributed by atoms with Gasteiger partial charge in [0.1, 0.15) is 0 Å². The Morgan fingerprint density at radius 3 is 2.69 bits per heavy atom. The summed E-state index contributed by atoms with van der Waals surface area (Å²) in [6, 6.07) is 12.6. The van der Waals surface area contributed by atoms with Crippen LogP contribution in [0.2, 0.25) is 0 Å². The summed E-state index contributed by atoms with van der Waals surface area (Å²) in [4.78, 5) is 4.74. The van der Waals surface area contributed by atoms with Crippen molar-refractivity contribution in [2.75, 3.05) is 13.1 Å². The van der Waals surface area contributed by atoms with E-state index in [1.807, 2.05) is 23.9 Å². The van der Waals surface area contributed by atoms with Crippen molar-refractivity contribution in [3.8, 4) is 0 Å². The summed E-state index contributed by atoms with van der Waals surface area (Å²) in [5.41, 5.74) is 4.69. The van der Waals surface area contributed by atoms with Gasteiger partial charge in [-0.15, -0.1) is 0 Å². The van der Waals surface area contributed by atoms with Gasteiger partial charge in [-0.3, -0.25) is 9.36 Å². The number of rotatable bonds is 9. The molecule has 2 N–H and O–H groups in total. The van der Waals surface area contributed by atoms with E-state index in [-0.39, 0.29) is 0 Å². The Hall–Kier alpha value is -3.09. The van der Waals surface area contributed by atoms with Crippen LogP contribution in [0.5, 0.6) is 0 Å². The van der Waals surface area contributed by atoms with Gasteiger partial charge in [0.15, 0.2) is 5.96 Å². The molecule has 2 aromatic heterocycles. The zero-order chi connectivity index (χ0) is 20.5. The highest BCUT2D eigenvalue weighted by Crippen LogP contribution is 2.08. The molecule has 0 saturated carbocycles. The van der Waals surface area contributed by atoms with Crippen molar-refractivity contribution in [2.45, 2.75) is 46.8 Å². The SMILES string of the molecule is CCNC(=NCc1cccc(Cn2cccn2)c1)NCCCn1nc(C)cc1C. The monoisotopic (exact) mass is 393 g/mol. The maximum absolute atomic E-state index is 4.74. The topological polar surface area (TPSA) is 72.1 Å². The van der Waals surface area contributed by atoms with E-state index in [1.165, 1.54) is 16.8 Å². The lowest BCUT2D eigenvalue weighted by atomic mass is 10.1. The van der Waals surface area contributed by atoms with E-state index >= 15 is 0 Å². The molecular formula is C22H31N7. The van der Waals surface area contributed by atoms with Crippen LogP contribution < -0.4 is 10.6 Å². The van der Waals surface area contributed by atoms with Gasteiger partial charge in [0, 0.05) is 37.7 Å². The van der Waals surface area contributed by atoms with Gasteiger partial charge < -0.3 is 10.6 Å². The third kappa shape index (κ3) is 6.48. The molecule has 0 aliphatic rings. The van der Waals surface area contributed by atoms with Crippen molar-refractivity contribution >= 4 is 5.96 Å². The Morgan fingerprint density at radius 2 is 1.97 bits per heavy atom. The molecule has 3 rings (SSSR count). The highest BCUT2D eigenvalue weighted by atomic mass is 15.3. The number of nitrogens with zero attached hydrogens (tertiary/aromatic N) is 5. The second kappa shape index (κ2) is 10.5. The van der Waals surface area contributed by atoms with E-state index < -0.39 is 0 Å². The van der Waals surface area contributed by atoms with E-state index in [0.717, 1.165) is 44.3 Å². The first kappa shape index (κ1) is 20.6. The standard InChI is InChI=1S/C22H31N7/c1-4-23-22(24-10-6-13-29-19(3)14-18(2)27-29)25-16-20-8-5-9-21(15-20)17-28-12-7-11-26-28/h5,7-9,11-12,14-15H,4,6,10,13,16-17H2,1-3H3,(H2,23,24,25). The third-order valence-electron chi connectivity index (χ3n) is 4.60. The van der Waals surface area contributed by atoms with Gasteiger partial charge in [-0.2, -0.15) is 10.2 Å². The first-order valence-electron chi connectivity index (χ1n) is 10.2. The highest BCUT2D eigenvalue weighted by molar-refractivity contribution is 5.79. The van der Waals surface area contributed by atoms with Crippen LogP contribution in [0.15, 0.2) is 53.8 Å². The zero-order valence-corrected chi connectivity index (χ0v) is 17.6. The molecule has 7 heteroatoms. The molecule has 3 aromatic rings. The predicted octanol–water partition coefficient (Wildman–Crippen LogP) is 2.89. The molecule has 29 heavy (non-hydrogen) atoms. The van der Waals surface area contributed by atoms with Crippen molar-refractivity contribution in [1.82, 2.24) is 30.2 Å². The molecule has 0 saturated heterocycles. The van der Waals surface area contributed by atoms with Crippen LogP contribution in [0.4, 0.5) is 0 Å². The predicted molar refractivity (Wildman–Crippen MR) is 117 cm³/mol. The number of aromatic nitrogens is 4. The fraction of sp³-hybridized carbons (Fsp3) is 0.409. The molecule has 0 spiro atoms.